The topological polar surface area (TPSA) is 28.2 Å². The Bertz CT molecular complexity index is 343. The molecule has 1 aliphatic heterocycles. The van der Waals surface area contributed by atoms with E-state index in [0.717, 1.165) is 24.7 Å². The summed E-state index contributed by atoms with van der Waals surface area (Å²) in [4.78, 5) is 7.06. The molecular weight excluding hydrogens is 242 g/mol. The predicted molar refractivity (Wildman–Crippen MR) is 78.0 cm³/mol. The molecule has 3 nitrogen and oxygen atoms in total. The largest absolute Gasteiger partial charge is 0.310 e. The van der Waals surface area contributed by atoms with Crippen LogP contribution in [0.15, 0.2) is 5.38 Å². The van der Waals surface area contributed by atoms with E-state index in [1.165, 1.54) is 43.9 Å². The summed E-state index contributed by atoms with van der Waals surface area (Å²) < 4.78 is 0. The van der Waals surface area contributed by atoms with Crippen molar-refractivity contribution in [3.8, 4) is 0 Å². The second kappa shape index (κ2) is 7.22. The Kier molecular flexibility index (Phi) is 5.60. The van der Waals surface area contributed by atoms with E-state index in [1.807, 2.05) is 0 Å². The van der Waals surface area contributed by atoms with E-state index < -0.39 is 0 Å². The number of hydrogen-bond donors (Lipinski definition) is 1. The maximum absolute atomic E-state index is 4.45. The smallest absolute Gasteiger partial charge is 0.107 e. The number of thiazole rings is 1. The van der Waals surface area contributed by atoms with Gasteiger partial charge in [0, 0.05) is 17.6 Å². The third-order valence-corrected chi connectivity index (χ3v) is 4.61. The summed E-state index contributed by atoms with van der Waals surface area (Å²) in [6.07, 6.45) is 4.01. The first-order valence-electron chi connectivity index (χ1n) is 7.08. The van der Waals surface area contributed by atoms with Crippen molar-refractivity contribution < 1.29 is 0 Å². The monoisotopic (exact) mass is 267 g/mol. The lowest BCUT2D eigenvalue weighted by molar-refractivity contribution is 0.190. The van der Waals surface area contributed by atoms with E-state index in [0.29, 0.717) is 0 Å². The molecule has 1 aromatic rings. The van der Waals surface area contributed by atoms with Crippen LogP contribution in [0.5, 0.6) is 0 Å². The Morgan fingerprint density at radius 2 is 2.22 bits per heavy atom. The molecular formula is C14H25N3S. The van der Waals surface area contributed by atoms with Gasteiger partial charge in [0.25, 0.3) is 0 Å². The van der Waals surface area contributed by atoms with Gasteiger partial charge in [-0.2, -0.15) is 0 Å². The van der Waals surface area contributed by atoms with Crippen molar-refractivity contribution in [2.45, 2.75) is 39.7 Å². The highest BCUT2D eigenvalue weighted by Gasteiger charge is 2.14. The standard InChI is InChI=1S/C14H25N3S/c1-12-4-8-17(9-5-12)7-3-6-15-10-14-16-13(2)11-18-14/h11-12,15H,3-10H2,1-2H3. The number of hydrogen-bond acceptors (Lipinski definition) is 4. The van der Waals surface area contributed by atoms with Gasteiger partial charge in [-0.15, -0.1) is 11.3 Å². The summed E-state index contributed by atoms with van der Waals surface area (Å²) >= 11 is 1.75. The van der Waals surface area contributed by atoms with Gasteiger partial charge in [0.1, 0.15) is 5.01 Å². The number of piperidine rings is 1. The molecule has 1 N–H and O–H groups in total. The Balaban J connectivity index is 1.51. The van der Waals surface area contributed by atoms with Crippen LogP contribution in [0.2, 0.25) is 0 Å². The van der Waals surface area contributed by atoms with Crippen LogP contribution >= 0.6 is 11.3 Å². The highest BCUT2D eigenvalue weighted by molar-refractivity contribution is 7.09. The van der Waals surface area contributed by atoms with Crippen LogP contribution in [0.3, 0.4) is 0 Å². The zero-order valence-corrected chi connectivity index (χ0v) is 12.4. The minimum absolute atomic E-state index is 0.926. The fourth-order valence-corrected chi connectivity index (χ4v) is 3.13. The Morgan fingerprint density at radius 3 is 2.89 bits per heavy atom. The van der Waals surface area contributed by atoms with Crippen molar-refractivity contribution in [2.75, 3.05) is 26.2 Å². The average Bonchev–Trinajstić information content (AvgIpc) is 2.77. The first-order valence-corrected chi connectivity index (χ1v) is 7.96. The summed E-state index contributed by atoms with van der Waals surface area (Å²) in [6.45, 7) is 10.3. The number of aromatic nitrogens is 1. The zero-order valence-electron chi connectivity index (χ0n) is 11.6. The molecule has 1 aromatic heterocycles. The first-order chi connectivity index (χ1) is 8.74. The Labute approximate surface area is 115 Å². The molecule has 2 rings (SSSR count). The summed E-state index contributed by atoms with van der Waals surface area (Å²) in [5.74, 6) is 0.938. The third-order valence-electron chi connectivity index (χ3n) is 3.65. The summed E-state index contributed by atoms with van der Waals surface area (Å²) in [5, 5.41) is 6.81. The predicted octanol–water partition coefficient (Wildman–Crippen LogP) is 2.66. The molecule has 0 unspecified atom stereocenters. The van der Waals surface area contributed by atoms with Crippen LogP contribution < -0.4 is 5.32 Å². The fraction of sp³-hybridized carbons (Fsp3) is 0.786. The van der Waals surface area contributed by atoms with Gasteiger partial charge in [0.2, 0.25) is 0 Å². The minimum Gasteiger partial charge on any atom is -0.310 e. The Hall–Kier alpha value is -0.450. The maximum atomic E-state index is 4.45. The lowest BCUT2D eigenvalue weighted by atomic mass is 9.99. The normalized spacial score (nSPS) is 18.3. The number of rotatable bonds is 6. The Morgan fingerprint density at radius 1 is 1.44 bits per heavy atom. The van der Waals surface area contributed by atoms with E-state index in [4.69, 9.17) is 0 Å². The number of likely N-dealkylation sites (tertiary alicyclic amines) is 1. The molecule has 0 spiro atoms. The van der Waals surface area contributed by atoms with Gasteiger partial charge in [-0.1, -0.05) is 6.92 Å². The lowest BCUT2D eigenvalue weighted by Gasteiger charge is -2.30. The van der Waals surface area contributed by atoms with Crippen LogP contribution in [0.1, 0.15) is 36.9 Å². The highest BCUT2D eigenvalue weighted by Crippen LogP contribution is 2.15. The van der Waals surface area contributed by atoms with Gasteiger partial charge in [-0.3, -0.25) is 0 Å². The second-order valence-corrected chi connectivity index (χ2v) is 6.38. The van der Waals surface area contributed by atoms with E-state index in [1.54, 1.807) is 11.3 Å². The van der Waals surface area contributed by atoms with Crippen molar-refractivity contribution in [3.05, 3.63) is 16.1 Å². The fourth-order valence-electron chi connectivity index (χ4n) is 2.39. The van der Waals surface area contributed by atoms with Gasteiger partial charge in [0.05, 0.1) is 0 Å². The van der Waals surface area contributed by atoms with Crippen LogP contribution in [0, 0.1) is 12.8 Å². The van der Waals surface area contributed by atoms with Gasteiger partial charge < -0.3 is 10.2 Å². The first kappa shape index (κ1) is 14.0. The molecule has 1 fully saturated rings. The summed E-state index contributed by atoms with van der Waals surface area (Å²) in [6, 6.07) is 0. The molecule has 0 aromatic carbocycles. The second-order valence-electron chi connectivity index (χ2n) is 5.44. The molecule has 0 saturated carbocycles. The van der Waals surface area contributed by atoms with Crippen LogP contribution in [0.25, 0.3) is 0 Å². The van der Waals surface area contributed by atoms with Gasteiger partial charge >= 0.3 is 0 Å². The minimum atomic E-state index is 0.926. The van der Waals surface area contributed by atoms with E-state index >= 15 is 0 Å². The van der Waals surface area contributed by atoms with Crippen molar-refractivity contribution >= 4 is 11.3 Å². The molecule has 4 heteroatoms. The summed E-state index contributed by atoms with van der Waals surface area (Å²) in [5.41, 5.74) is 1.14. The lowest BCUT2D eigenvalue weighted by Crippen LogP contribution is -2.34. The molecule has 0 bridgehead atoms. The SMILES string of the molecule is Cc1csc(CNCCCN2CCC(C)CC2)n1. The molecule has 102 valence electrons. The van der Waals surface area contributed by atoms with E-state index in [9.17, 15) is 0 Å². The third kappa shape index (κ3) is 4.67. The van der Waals surface area contributed by atoms with Crippen molar-refractivity contribution in [3.63, 3.8) is 0 Å². The highest BCUT2D eigenvalue weighted by atomic mass is 32.1. The molecule has 0 radical (unpaired) electrons. The van der Waals surface area contributed by atoms with E-state index in [-0.39, 0.29) is 0 Å². The van der Waals surface area contributed by atoms with Gasteiger partial charge in [0.15, 0.2) is 0 Å². The van der Waals surface area contributed by atoms with Crippen LogP contribution in [-0.2, 0) is 6.54 Å². The van der Waals surface area contributed by atoms with Crippen molar-refractivity contribution in [1.29, 1.82) is 0 Å². The summed E-state index contributed by atoms with van der Waals surface area (Å²) in [7, 11) is 0. The average molecular weight is 267 g/mol. The molecule has 0 aliphatic carbocycles. The van der Waals surface area contributed by atoms with Crippen molar-refractivity contribution in [2.24, 2.45) is 5.92 Å². The van der Waals surface area contributed by atoms with Gasteiger partial charge in [-0.05, 0) is 58.3 Å². The number of nitrogens with zero attached hydrogens (tertiary/aromatic N) is 2. The van der Waals surface area contributed by atoms with Crippen LogP contribution in [-0.4, -0.2) is 36.1 Å². The quantitative estimate of drug-likeness (QED) is 0.803. The number of aryl methyl sites for hydroxylation is 1. The molecule has 2 heterocycles. The maximum Gasteiger partial charge on any atom is 0.107 e. The molecule has 1 aliphatic rings. The number of nitrogens with one attached hydrogen (secondary N) is 1. The molecule has 0 atom stereocenters. The molecule has 1 saturated heterocycles. The van der Waals surface area contributed by atoms with Crippen molar-refractivity contribution in [1.82, 2.24) is 15.2 Å². The zero-order chi connectivity index (χ0) is 12.8. The van der Waals surface area contributed by atoms with E-state index in [2.05, 4.69) is 34.4 Å². The van der Waals surface area contributed by atoms with Crippen LogP contribution in [0.4, 0.5) is 0 Å². The molecule has 0 amide bonds. The van der Waals surface area contributed by atoms with Gasteiger partial charge in [-0.25, -0.2) is 4.98 Å². The molecule has 18 heavy (non-hydrogen) atoms.